The summed E-state index contributed by atoms with van der Waals surface area (Å²) in [6.07, 6.45) is 7.63. The number of hydrogen-bond acceptors (Lipinski definition) is 3. The van der Waals surface area contributed by atoms with Gasteiger partial charge in [-0.2, -0.15) is 0 Å². The summed E-state index contributed by atoms with van der Waals surface area (Å²) >= 11 is 0. The summed E-state index contributed by atoms with van der Waals surface area (Å²) in [7, 11) is 6.16. The van der Waals surface area contributed by atoms with Gasteiger partial charge in [-0.3, -0.25) is 4.99 Å². The molecule has 1 aliphatic heterocycles. The molecule has 0 aromatic heterocycles. The Kier molecular flexibility index (Phi) is 12.5. The first-order valence-electron chi connectivity index (χ1n) is 10.5. The average molecular weight is 502 g/mol. The van der Waals surface area contributed by atoms with Crippen LogP contribution in [0, 0.1) is 6.92 Å². The maximum Gasteiger partial charge on any atom is 0.191 e. The van der Waals surface area contributed by atoms with Crippen LogP contribution in [-0.2, 0) is 0 Å². The molecule has 5 nitrogen and oxygen atoms in total. The number of aryl methyl sites for hydroxylation is 1. The number of benzene rings is 1. The molecule has 1 aromatic carbocycles. The van der Waals surface area contributed by atoms with Crippen molar-refractivity contribution in [1.29, 1.82) is 0 Å². The topological polar surface area (TPSA) is 42.9 Å². The molecule has 0 aliphatic carbocycles. The fourth-order valence-electron chi connectivity index (χ4n) is 3.55. The Hall–Kier alpha value is -1.02. The minimum atomic E-state index is 0. The minimum absolute atomic E-state index is 0. The smallest absolute Gasteiger partial charge is 0.191 e. The molecular formula is C22H40IN5. The van der Waals surface area contributed by atoms with E-state index >= 15 is 0 Å². The van der Waals surface area contributed by atoms with Gasteiger partial charge in [0, 0.05) is 38.4 Å². The summed E-state index contributed by atoms with van der Waals surface area (Å²) in [6, 6.07) is 9.30. The van der Waals surface area contributed by atoms with Gasteiger partial charge in [-0.15, -0.1) is 24.0 Å². The number of nitrogens with one attached hydrogen (secondary N) is 2. The third kappa shape index (κ3) is 9.45. The first-order chi connectivity index (χ1) is 13.1. The zero-order chi connectivity index (χ0) is 19.5. The number of anilines is 1. The van der Waals surface area contributed by atoms with Crippen molar-refractivity contribution in [2.45, 2.75) is 51.5 Å². The highest BCUT2D eigenvalue weighted by Gasteiger charge is 2.23. The number of unbranched alkanes of at least 4 members (excludes halogenated alkanes) is 4. The van der Waals surface area contributed by atoms with Crippen LogP contribution >= 0.6 is 24.0 Å². The minimum Gasteiger partial charge on any atom is -0.369 e. The normalized spacial score (nSPS) is 17.0. The zero-order valence-corrected chi connectivity index (χ0v) is 20.5. The molecule has 1 aliphatic rings. The fourth-order valence-corrected chi connectivity index (χ4v) is 3.55. The summed E-state index contributed by atoms with van der Waals surface area (Å²) in [6.45, 7) is 6.48. The second kappa shape index (κ2) is 14.0. The zero-order valence-electron chi connectivity index (χ0n) is 18.2. The van der Waals surface area contributed by atoms with Crippen molar-refractivity contribution in [2.24, 2.45) is 4.99 Å². The second-order valence-corrected chi connectivity index (χ2v) is 7.98. The molecule has 160 valence electrons. The molecule has 0 spiro atoms. The van der Waals surface area contributed by atoms with Gasteiger partial charge >= 0.3 is 0 Å². The third-order valence-electron chi connectivity index (χ3n) is 5.23. The van der Waals surface area contributed by atoms with E-state index in [4.69, 9.17) is 0 Å². The molecule has 1 heterocycles. The van der Waals surface area contributed by atoms with E-state index in [0.29, 0.717) is 6.04 Å². The molecule has 1 atom stereocenters. The van der Waals surface area contributed by atoms with E-state index in [2.05, 4.69) is 70.7 Å². The van der Waals surface area contributed by atoms with Crippen LogP contribution in [0.1, 0.15) is 44.1 Å². The van der Waals surface area contributed by atoms with E-state index in [1.165, 1.54) is 49.9 Å². The Morgan fingerprint density at radius 2 is 1.79 bits per heavy atom. The molecule has 0 radical (unpaired) electrons. The van der Waals surface area contributed by atoms with Crippen LogP contribution < -0.4 is 15.5 Å². The van der Waals surface area contributed by atoms with Crippen molar-refractivity contribution < 1.29 is 0 Å². The molecule has 0 bridgehead atoms. The van der Waals surface area contributed by atoms with Gasteiger partial charge in [-0.25, -0.2) is 0 Å². The van der Waals surface area contributed by atoms with Crippen molar-refractivity contribution in [3.63, 3.8) is 0 Å². The predicted molar refractivity (Wildman–Crippen MR) is 133 cm³/mol. The van der Waals surface area contributed by atoms with E-state index in [1.807, 2.05) is 7.05 Å². The monoisotopic (exact) mass is 501 g/mol. The largest absolute Gasteiger partial charge is 0.369 e. The molecule has 6 heteroatoms. The van der Waals surface area contributed by atoms with E-state index in [0.717, 1.165) is 32.0 Å². The van der Waals surface area contributed by atoms with Crippen LogP contribution in [0.15, 0.2) is 29.3 Å². The van der Waals surface area contributed by atoms with Gasteiger partial charge in [-0.1, -0.05) is 37.0 Å². The Labute approximate surface area is 189 Å². The van der Waals surface area contributed by atoms with E-state index in [-0.39, 0.29) is 24.0 Å². The highest BCUT2D eigenvalue weighted by Crippen LogP contribution is 2.20. The number of hydrogen-bond donors (Lipinski definition) is 2. The number of halogens is 1. The Bertz CT molecular complexity index is 559. The molecule has 1 aromatic rings. The molecular weight excluding hydrogens is 461 g/mol. The summed E-state index contributed by atoms with van der Waals surface area (Å²) in [5.74, 6) is 0.943. The van der Waals surface area contributed by atoms with Gasteiger partial charge in [-0.05, 0) is 59.0 Å². The van der Waals surface area contributed by atoms with Crippen molar-refractivity contribution in [2.75, 3.05) is 52.2 Å². The first-order valence-corrected chi connectivity index (χ1v) is 10.5. The SMILES string of the molecule is CN=C(NCCCCCCCN(C)C)NC1CCN(c2ccc(C)cc2)C1.I. The van der Waals surface area contributed by atoms with Crippen LogP contribution in [-0.4, -0.2) is 64.2 Å². The molecule has 2 rings (SSSR count). The lowest BCUT2D eigenvalue weighted by atomic mass is 10.1. The van der Waals surface area contributed by atoms with Gasteiger partial charge in [0.25, 0.3) is 0 Å². The van der Waals surface area contributed by atoms with Crippen LogP contribution in [0.2, 0.25) is 0 Å². The van der Waals surface area contributed by atoms with Crippen molar-refractivity contribution in [1.82, 2.24) is 15.5 Å². The third-order valence-corrected chi connectivity index (χ3v) is 5.23. The molecule has 1 fully saturated rings. The van der Waals surface area contributed by atoms with Crippen molar-refractivity contribution in [3.8, 4) is 0 Å². The fraction of sp³-hybridized carbons (Fsp3) is 0.682. The van der Waals surface area contributed by atoms with Crippen LogP contribution in [0.3, 0.4) is 0 Å². The average Bonchev–Trinajstić information content (AvgIpc) is 3.11. The van der Waals surface area contributed by atoms with Crippen LogP contribution in [0.25, 0.3) is 0 Å². The Morgan fingerprint density at radius 1 is 1.11 bits per heavy atom. The number of nitrogens with zero attached hydrogens (tertiary/aromatic N) is 3. The van der Waals surface area contributed by atoms with Crippen molar-refractivity contribution >= 4 is 35.6 Å². The lowest BCUT2D eigenvalue weighted by Crippen LogP contribution is -2.44. The molecule has 0 amide bonds. The lowest BCUT2D eigenvalue weighted by Gasteiger charge is -2.20. The molecule has 2 N–H and O–H groups in total. The predicted octanol–water partition coefficient (Wildman–Crippen LogP) is 3.87. The van der Waals surface area contributed by atoms with Gasteiger partial charge in [0.1, 0.15) is 0 Å². The number of rotatable bonds is 10. The van der Waals surface area contributed by atoms with E-state index in [9.17, 15) is 0 Å². The van der Waals surface area contributed by atoms with E-state index in [1.54, 1.807) is 0 Å². The van der Waals surface area contributed by atoms with Gasteiger partial charge in [0.05, 0.1) is 0 Å². The van der Waals surface area contributed by atoms with Crippen LogP contribution in [0.5, 0.6) is 0 Å². The Balaban J connectivity index is 0.00000392. The standard InChI is InChI=1S/C22H39N5.HI/c1-19-10-12-21(13-11-19)27-17-14-20(18-27)25-22(23-2)24-15-8-6-5-7-9-16-26(3)4;/h10-13,20H,5-9,14-18H2,1-4H3,(H2,23,24,25);1H. The summed E-state index contributed by atoms with van der Waals surface area (Å²) in [5.41, 5.74) is 2.64. The highest BCUT2D eigenvalue weighted by atomic mass is 127. The Morgan fingerprint density at radius 3 is 2.46 bits per heavy atom. The summed E-state index contributed by atoms with van der Waals surface area (Å²) in [5, 5.41) is 7.07. The van der Waals surface area contributed by atoms with Crippen molar-refractivity contribution in [3.05, 3.63) is 29.8 Å². The maximum atomic E-state index is 4.40. The molecule has 28 heavy (non-hydrogen) atoms. The summed E-state index contributed by atoms with van der Waals surface area (Å²) in [4.78, 5) is 9.12. The van der Waals surface area contributed by atoms with Crippen LogP contribution in [0.4, 0.5) is 5.69 Å². The number of guanidine groups is 1. The number of aliphatic imine (C=N–C) groups is 1. The van der Waals surface area contributed by atoms with E-state index < -0.39 is 0 Å². The molecule has 1 unspecified atom stereocenters. The highest BCUT2D eigenvalue weighted by molar-refractivity contribution is 14.0. The van der Waals surface area contributed by atoms with Gasteiger partial charge in [0.15, 0.2) is 5.96 Å². The lowest BCUT2D eigenvalue weighted by molar-refractivity contribution is 0.389. The van der Waals surface area contributed by atoms with Gasteiger partial charge in [0.2, 0.25) is 0 Å². The quantitative estimate of drug-likeness (QED) is 0.221. The maximum absolute atomic E-state index is 4.40. The first kappa shape index (κ1) is 25.0. The molecule has 1 saturated heterocycles. The second-order valence-electron chi connectivity index (χ2n) is 7.98. The van der Waals surface area contributed by atoms with Gasteiger partial charge < -0.3 is 20.4 Å². The molecule has 0 saturated carbocycles. The summed E-state index contributed by atoms with van der Waals surface area (Å²) < 4.78 is 0.